The summed E-state index contributed by atoms with van der Waals surface area (Å²) in [4.78, 5) is 35.3. The topological polar surface area (TPSA) is 112 Å². The lowest BCUT2D eigenvalue weighted by atomic mass is 10.2. The van der Waals surface area contributed by atoms with Gasteiger partial charge in [-0.3, -0.25) is 9.59 Å². The average molecular weight is 384 g/mol. The van der Waals surface area contributed by atoms with Crippen LogP contribution in [-0.2, 0) is 19.6 Å². The molecule has 0 radical (unpaired) electrons. The van der Waals surface area contributed by atoms with Gasteiger partial charge in [-0.15, -0.1) is 0 Å². The van der Waals surface area contributed by atoms with Crippen molar-refractivity contribution in [1.82, 2.24) is 9.21 Å². The Kier molecular flexibility index (Phi) is 7.46. The van der Waals surface area contributed by atoms with Gasteiger partial charge in [0.2, 0.25) is 15.9 Å². The highest BCUT2D eigenvalue weighted by Crippen LogP contribution is 2.16. The molecule has 0 aliphatic rings. The van der Waals surface area contributed by atoms with Gasteiger partial charge in [0.25, 0.3) is 0 Å². The largest absolute Gasteiger partial charge is 0.480 e. The normalized spacial score (nSPS) is 12.7. The van der Waals surface area contributed by atoms with Gasteiger partial charge in [0.05, 0.1) is 4.90 Å². The Balaban J connectivity index is 2.66. The number of ketones is 1. The van der Waals surface area contributed by atoms with Crippen LogP contribution in [0.5, 0.6) is 0 Å². The van der Waals surface area contributed by atoms with Crippen LogP contribution >= 0.6 is 0 Å². The summed E-state index contributed by atoms with van der Waals surface area (Å²) < 4.78 is 26.1. The quantitative estimate of drug-likeness (QED) is 0.641. The first-order valence-electron chi connectivity index (χ1n) is 8.04. The van der Waals surface area contributed by atoms with Crippen LogP contribution in [0.1, 0.15) is 37.0 Å². The van der Waals surface area contributed by atoms with Crippen molar-refractivity contribution < 1.29 is 27.9 Å². The predicted octanol–water partition coefficient (Wildman–Crippen LogP) is 1.22. The molecule has 0 bridgehead atoms. The number of aliphatic carboxylic acids is 1. The summed E-state index contributed by atoms with van der Waals surface area (Å²) in [6.45, 7) is 2.91. The van der Waals surface area contributed by atoms with E-state index in [0.717, 1.165) is 9.21 Å². The number of rotatable bonds is 9. The summed E-state index contributed by atoms with van der Waals surface area (Å²) in [6.07, 6.45) is 0.300. The second-order valence-corrected chi connectivity index (χ2v) is 8.07. The van der Waals surface area contributed by atoms with Gasteiger partial charge in [0, 0.05) is 32.6 Å². The third kappa shape index (κ3) is 5.37. The molecule has 144 valence electrons. The fraction of sp³-hybridized carbons (Fsp3) is 0.471. The first-order valence-corrected chi connectivity index (χ1v) is 9.48. The summed E-state index contributed by atoms with van der Waals surface area (Å²) in [6, 6.07) is 4.71. The Bertz CT molecular complexity index is 773. The highest BCUT2D eigenvalue weighted by Gasteiger charge is 2.23. The van der Waals surface area contributed by atoms with Crippen LogP contribution in [-0.4, -0.2) is 67.1 Å². The van der Waals surface area contributed by atoms with E-state index in [-0.39, 0.29) is 36.0 Å². The molecule has 1 amide bonds. The van der Waals surface area contributed by atoms with Crippen LogP contribution in [0.4, 0.5) is 0 Å². The molecule has 1 unspecified atom stereocenters. The minimum atomic E-state index is -3.73. The van der Waals surface area contributed by atoms with Gasteiger partial charge in [0.15, 0.2) is 5.78 Å². The van der Waals surface area contributed by atoms with Crippen molar-refractivity contribution in [2.75, 3.05) is 20.6 Å². The number of carbonyl (C=O) groups excluding carboxylic acids is 2. The van der Waals surface area contributed by atoms with E-state index in [2.05, 4.69) is 0 Å². The molecular weight excluding hydrogens is 360 g/mol. The molecule has 1 N–H and O–H groups in total. The van der Waals surface area contributed by atoms with Gasteiger partial charge in [-0.2, -0.15) is 0 Å². The summed E-state index contributed by atoms with van der Waals surface area (Å²) in [7, 11) is -0.920. The molecule has 0 spiro atoms. The lowest BCUT2D eigenvalue weighted by molar-refractivity contribution is -0.148. The van der Waals surface area contributed by atoms with E-state index in [1.54, 1.807) is 0 Å². The first-order chi connectivity index (χ1) is 12.0. The van der Waals surface area contributed by atoms with Crippen molar-refractivity contribution in [3.05, 3.63) is 29.8 Å². The molecule has 1 aromatic rings. The molecule has 0 aliphatic heterocycles. The molecule has 8 nitrogen and oxygen atoms in total. The van der Waals surface area contributed by atoms with Gasteiger partial charge >= 0.3 is 5.97 Å². The first kappa shape index (κ1) is 21.8. The smallest absolute Gasteiger partial charge is 0.326 e. The Hall–Kier alpha value is -2.26. The maximum Gasteiger partial charge on any atom is 0.326 e. The summed E-state index contributed by atoms with van der Waals surface area (Å²) in [5, 5.41) is 8.90. The number of carbonyl (C=O) groups is 3. The Morgan fingerprint density at radius 1 is 1.12 bits per heavy atom. The maximum absolute atomic E-state index is 12.5. The number of Topliss-reactive ketones (excluding diaryl/α,β-unsaturated/α-hetero) is 1. The lowest BCUT2D eigenvalue weighted by Crippen LogP contribution is -2.40. The van der Waals surface area contributed by atoms with Crippen LogP contribution in [0, 0.1) is 0 Å². The van der Waals surface area contributed by atoms with E-state index in [0.29, 0.717) is 5.56 Å². The van der Waals surface area contributed by atoms with Crippen molar-refractivity contribution >= 4 is 27.7 Å². The second-order valence-electron chi connectivity index (χ2n) is 6.03. The maximum atomic E-state index is 12.5. The minimum absolute atomic E-state index is 0.0389. The summed E-state index contributed by atoms with van der Waals surface area (Å²) in [5.41, 5.74) is 0.424. The number of carboxylic acids is 1. The van der Waals surface area contributed by atoms with E-state index in [1.165, 1.54) is 52.2 Å². The van der Waals surface area contributed by atoms with Crippen LogP contribution in [0.2, 0.25) is 0 Å². The third-order valence-corrected chi connectivity index (χ3v) is 6.04. The highest BCUT2D eigenvalue weighted by molar-refractivity contribution is 7.89. The Labute approximate surface area is 153 Å². The van der Waals surface area contributed by atoms with E-state index < -0.39 is 22.0 Å². The summed E-state index contributed by atoms with van der Waals surface area (Å²) >= 11 is 0. The fourth-order valence-corrected chi connectivity index (χ4v) is 3.38. The number of likely N-dealkylation sites (N-methyl/N-ethyl adjacent to an activating group) is 1. The number of amides is 1. The van der Waals surface area contributed by atoms with Crippen molar-refractivity contribution in [2.45, 2.75) is 37.6 Å². The molecule has 1 atom stereocenters. The number of hydrogen-bond donors (Lipinski definition) is 1. The molecule has 9 heteroatoms. The molecule has 1 aromatic carbocycles. The number of sulfonamides is 1. The molecule has 0 heterocycles. The number of nitrogens with zero attached hydrogens (tertiary/aromatic N) is 2. The van der Waals surface area contributed by atoms with Gasteiger partial charge < -0.3 is 10.0 Å². The number of benzene rings is 1. The van der Waals surface area contributed by atoms with Crippen LogP contribution in [0.25, 0.3) is 0 Å². The predicted molar refractivity (Wildman–Crippen MR) is 95.4 cm³/mol. The standard InChI is InChI=1S/C17H24N2O6S/c1-12(17(22)23)19(4)16(21)6-5-11-18(3)26(24,25)15-9-7-14(8-10-15)13(2)20/h7-10,12H,5-6,11H2,1-4H3,(H,22,23). The third-order valence-electron chi connectivity index (χ3n) is 4.16. The molecule has 0 aliphatic carbocycles. The molecule has 0 aromatic heterocycles. The number of carboxylic acid groups (broad SMARTS) is 1. The molecular formula is C17H24N2O6S. The van der Waals surface area contributed by atoms with Gasteiger partial charge in [0.1, 0.15) is 6.04 Å². The van der Waals surface area contributed by atoms with Crippen molar-refractivity contribution in [3.8, 4) is 0 Å². The van der Waals surface area contributed by atoms with E-state index in [1.807, 2.05) is 0 Å². The molecule has 0 fully saturated rings. The molecule has 0 saturated heterocycles. The molecule has 1 rings (SSSR count). The van der Waals surface area contributed by atoms with Crippen molar-refractivity contribution in [2.24, 2.45) is 0 Å². The van der Waals surface area contributed by atoms with Crippen LogP contribution in [0.3, 0.4) is 0 Å². The minimum Gasteiger partial charge on any atom is -0.480 e. The zero-order chi connectivity index (χ0) is 20.1. The van der Waals surface area contributed by atoms with Crippen LogP contribution < -0.4 is 0 Å². The zero-order valence-corrected chi connectivity index (χ0v) is 16.1. The zero-order valence-electron chi connectivity index (χ0n) is 15.3. The van der Waals surface area contributed by atoms with Crippen molar-refractivity contribution in [1.29, 1.82) is 0 Å². The summed E-state index contributed by atoms with van der Waals surface area (Å²) in [5.74, 6) is -1.62. The Morgan fingerprint density at radius 2 is 1.65 bits per heavy atom. The van der Waals surface area contributed by atoms with E-state index in [4.69, 9.17) is 5.11 Å². The molecule has 26 heavy (non-hydrogen) atoms. The second kappa shape index (κ2) is 8.91. The average Bonchev–Trinajstić information content (AvgIpc) is 2.59. The van der Waals surface area contributed by atoms with E-state index >= 15 is 0 Å². The lowest BCUT2D eigenvalue weighted by Gasteiger charge is -2.22. The Morgan fingerprint density at radius 3 is 2.12 bits per heavy atom. The number of hydrogen-bond acceptors (Lipinski definition) is 5. The van der Waals surface area contributed by atoms with Crippen LogP contribution in [0.15, 0.2) is 29.2 Å². The molecule has 0 saturated carbocycles. The SMILES string of the molecule is CC(=O)c1ccc(S(=O)(=O)N(C)CCCC(=O)N(C)C(C)C(=O)O)cc1. The monoisotopic (exact) mass is 384 g/mol. The van der Waals surface area contributed by atoms with Crippen molar-refractivity contribution in [3.63, 3.8) is 0 Å². The van der Waals surface area contributed by atoms with Gasteiger partial charge in [-0.25, -0.2) is 17.5 Å². The van der Waals surface area contributed by atoms with Gasteiger partial charge in [-0.05, 0) is 32.4 Å². The van der Waals surface area contributed by atoms with Gasteiger partial charge in [-0.1, -0.05) is 12.1 Å². The van der Waals surface area contributed by atoms with E-state index in [9.17, 15) is 22.8 Å². The fourth-order valence-electron chi connectivity index (χ4n) is 2.17. The highest BCUT2D eigenvalue weighted by atomic mass is 32.2.